The van der Waals surface area contributed by atoms with Crippen molar-refractivity contribution in [3.63, 3.8) is 0 Å². The lowest BCUT2D eigenvalue weighted by Gasteiger charge is -2.19. The van der Waals surface area contributed by atoms with Crippen molar-refractivity contribution in [2.24, 2.45) is 5.73 Å². The molecule has 80 valence electrons. The predicted octanol–water partition coefficient (Wildman–Crippen LogP) is 2.07. The number of hydrogen-bond acceptors (Lipinski definition) is 2. The number of halogens is 1. The molecule has 0 fully saturated rings. The predicted molar refractivity (Wildman–Crippen MR) is 54.8 cm³/mol. The van der Waals surface area contributed by atoms with Crippen LogP contribution in [0.25, 0.3) is 0 Å². The molecule has 1 heterocycles. The van der Waals surface area contributed by atoms with Gasteiger partial charge in [-0.2, -0.15) is 5.10 Å². The Morgan fingerprint density at radius 2 is 2.21 bits per heavy atom. The lowest BCUT2D eigenvalue weighted by molar-refractivity contribution is 0.322. The molecule has 1 rings (SSSR count). The van der Waals surface area contributed by atoms with Gasteiger partial charge in [0.1, 0.15) is 6.17 Å². The average Bonchev–Trinajstić information content (AvgIpc) is 2.50. The minimum Gasteiger partial charge on any atom is -0.330 e. The third-order valence-electron chi connectivity index (χ3n) is 2.18. The molecule has 0 saturated carbocycles. The number of aromatic nitrogens is 2. The SMILES string of the molecule is CC(C)(C)c1[nH]ncc1C(F)CCN. The zero-order chi connectivity index (χ0) is 10.8. The molecule has 0 radical (unpaired) electrons. The van der Waals surface area contributed by atoms with Crippen molar-refractivity contribution in [3.05, 3.63) is 17.5 Å². The van der Waals surface area contributed by atoms with Gasteiger partial charge in [-0.25, -0.2) is 4.39 Å². The van der Waals surface area contributed by atoms with Crippen LogP contribution in [-0.4, -0.2) is 16.7 Å². The van der Waals surface area contributed by atoms with Crippen molar-refractivity contribution in [2.45, 2.75) is 38.8 Å². The largest absolute Gasteiger partial charge is 0.330 e. The Balaban J connectivity index is 2.93. The van der Waals surface area contributed by atoms with Crippen LogP contribution in [0.5, 0.6) is 0 Å². The fourth-order valence-electron chi connectivity index (χ4n) is 1.44. The van der Waals surface area contributed by atoms with Gasteiger partial charge in [-0.05, 0) is 13.0 Å². The smallest absolute Gasteiger partial charge is 0.130 e. The normalized spacial score (nSPS) is 14.4. The third-order valence-corrected chi connectivity index (χ3v) is 2.18. The molecule has 0 aliphatic rings. The summed E-state index contributed by atoms with van der Waals surface area (Å²) in [7, 11) is 0. The maximum atomic E-state index is 13.6. The van der Waals surface area contributed by atoms with Crippen LogP contribution in [0.2, 0.25) is 0 Å². The van der Waals surface area contributed by atoms with E-state index in [1.54, 1.807) is 6.20 Å². The first-order chi connectivity index (χ1) is 6.46. The fourth-order valence-corrected chi connectivity index (χ4v) is 1.44. The molecule has 3 nitrogen and oxygen atoms in total. The van der Waals surface area contributed by atoms with Crippen molar-refractivity contribution in [1.29, 1.82) is 0 Å². The van der Waals surface area contributed by atoms with E-state index in [2.05, 4.69) is 10.2 Å². The average molecular weight is 199 g/mol. The molecule has 14 heavy (non-hydrogen) atoms. The molecular weight excluding hydrogens is 181 g/mol. The molecule has 3 N–H and O–H groups in total. The Hall–Kier alpha value is -0.900. The second-order valence-electron chi connectivity index (χ2n) is 4.50. The highest BCUT2D eigenvalue weighted by Crippen LogP contribution is 2.30. The maximum Gasteiger partial charge on any atom is 0.130 e. The third kappa shape index (κ3) is 2.32. The van der Waals surface area contributed by atoms with Gasteiger partial charge in [0.2, 0.25) is 0 Å². The van der Waals surface area contributed by atoms with Crippen LogP contribution >= 0.6 is 0 Å². The Morgan fingerprint density at radius 1 is 1.57 bits per heavy atom. The van der Waals surface area contributed by atoms with Crippen molar-refractivity contribution >= 4 is 0 Å². The molecule has 0 spiro atoms. The molecule has 0 amide bonds. The van der Waals surface area contributed by atoms with Crippen LogP contribution in [0.1, 0.15) is 44.6 Å². The number of H-pyrrole nitrogens is 1. The molecule has 0 aliphatic carbocycles. The highest BCUT2D eigenvalue weighted by atomic mass is 19.1. The number of aromatic amines is 1. The van der Waals surface area contributed by atoms with E-state index in [1.165, 1.54) is 0 Å². The zero-order valence-corrected chi connectivity index (χ0v) is 8.97. The Morgan fingerprint density at radius 3 is 2.71 bits per heavy atom. The molecule has 1 unspecified atom stereocenters. The molecule has 0 aliphatic heterocycles. The molecule has 1 atom stereocenters. The summed E-state index contributed by atoms with van der Waals surface area (Å²) >= 11 is 0. The first-order valence-electron chi connectivity index (χ1n) is 4.84. The zero-order valence-electron chi connectivity index (χ0n) is 8.97. The second kappa shape index (κ2) is 4.09. The van der Waals surface area contributed by atoms with E-state index in [0.717, 1.165) is 5.69 Å². The molecule has 0 aromatic carbocycles. The van der Waals surface area contributed by atoms with Gasteiger partial charge >= 0.3 is 0 Å². The molecule has 4 heteroatoms. The van der Waals surface area contributed by atoms with Gasteiger partial charge in [0.15, 0.2) is 0 Å². The maximum absolute atomic E-state index is 13.6. The van der Waals surface area contributed by atoms with Crippen molar-refractivity contribution in [3.8, 4) is 0 Å². The van der Waals surface area contributed by atoms with Gasteiger partial charge in [-0.3, -0.25) is 5.10 Å². The highest BCUT2D eigenvalue weighted by molar-refractivity contribution is 5.25. The van der Waals surface area contributed by atoms with Crippen LogP contribution in [0, 0.1) is 0 Å². The summed E-state index contributed by atoms with van der Waals surface area (Å²) in [6.07, 6.45) is 0.900. The number of rotatable bonds is 3. The molecule has 0 bridgehead atoms. The van der Waals surface area contributed by atoms with E-state index in [-0.39, 0.29) is 5.41 Å². The van der Waals surface area contributed by atoms with Gasteiger partial charge < -0.3 is 5.73 Å². The van der Waals surface area contributed by atoms with E-state index >= 15 is 0 Å². The highest BCUT2D eigenvalue weighted by Gasteiger charge is 2.24. The van der Waals surface area contributed by atoms with Gasteiger partial charge in [-0.1, -0.05) is 20.8 Å². The Labute approximate surface area is 83.9 Å². The number of hydrogen-bond donors (Lipinski definition) is 2. The van der Waals surface area contributed by atoms with Crippen molar-refractivity contribution in [2.75, 3.05) is 6.54 Å². The van der Waals surface area contributed by atoms with E-state index in [4.69, 9.17) is 5.73 Å². The lowest BCUT2D eigenvalue weighted by atomic mass is 9.88. The number of nitrogens with one attached hydrogen (secondary N) is 1. The van der Waals surface area contributed by atoms with Crippen LogP contribution in [0.4, 0.5) is 4.39 Å². The quantitative estimate of drug-likeness (QED) is 0.783. The van der Waals surface area contributed by atoms with E-state index in [9.17, 15) is 4.39 Å². The summed E-state index contributed by atoms with van der Waals surface area (Å²) in [5.74, 6) is 0. The monoisotopic (exact) mass is 199 g/mol. The summed E-state index contributed by atoms with van der Waals surface area (Å²) in [5, 5.41) is 6.74. The number of nitrogens with two attached hydrogens (primary N) is 1. The fraction of sp³-hybridized carbons (Fsp3) is 0.700. The van der Waals surface area contributed by atoms with Crippen LogP contribution in [0.3, 0.4) is 0 Å². The van der Waals surface area contributed by atoms with Gasteiger partial charge in [0, 0.05) is 16.7 Å². The Bertz CT molecular complexity index is 288. The van der Waals surface area contributed by atoms with Crippen LogP contribution in [0.15, 0.2) is 6.20 Å². The first kappa shape index (κ1) is 11.2. The van der Waals surface area contributed by atoms with Gasteiger partial charge in [-0.15, -0.1) is 0 Å². The van der Waals surface area contributed by atoms with Crippen LogP contribution in [-0.2, 0) is 5.41 Å². The van der Waals surface area contributed by atoms with E-state index in [1.807, 2.05) is 20.8 Å². The van der Waals surface area contributed by atoms with Crippen molar-refractivity contribution in [1.82, 2.24) is 10.2 Å². The minimum absolute atomic E-state index is 0.106. The molecule has 0 saturated heterocycles. The summed E-state index contributed by atoms with van der Waals surface area (Å²) in [6, 6.07) is 0. The second-order valence-corrected chi connectivity index (χ2v) is 4.50. The molecular formula is C10H18FN3. The summed E-state index contributed by atoms with van der Waals surface area (Å²) in [6.45, 7) is 6.44. The molecule has 1 aromatic heterocycles. The topological polar surface area (TPSA) is 54.7 Å². The van der Waals surface area contributed by atoms with E-state index in [0.29, 0.717) is 18.5 Å². The number of nitrogens with zero attached hydrogens (tertiary/aromatic N) is 1. The van der Waals surface area contributed by atoms with Crippen molar-refractivity contribution < 1.29 is 4.39 Å². The minimum atomic E-state index is -1.01. The van der Waals surface area contributed by atoms with Crippen LogP contribution < -0.4 is 5.73 Å². The Kier molecular flexibility index (Phi) is 3.26. The summed E-state index contributed by atoms with van der Waals surface area (Å²) in [4.78, 5) is 0. The van der Waals surface area contributed by atoms with Gasteiger partial charge in [0.25, 0.3) is 0 Å². The molecule has 1 aromatic rings. The van der Waals surface area contributed by atoms with Gasteiger partial charge in [0.05, 0.1) is 6.20 Å². The van der Waals surface area contributed by atoms with E-state index < -0.39 is 6.17 Å². The summed E-state index contributed by atoms with van der Waals surface area (Å²) < 4.78 is 13.6. The number of alkyl halides is 1. The lowest BCUT2D eigenvalue weighted by Crippen LogP contribution is -2.16. The first-order valence-corrected chi connectivity index (χ1v) is 4.84. The summed E-state index contributed by atoms with van der Waals surface area (Å²) in [5.41, 5.74) is 6.72. The standard InChI is InChI=1S/C10H18FN3/c1-10(2,3)9-7(6-13-14-9)8(11)4-5-12/h6,8H,4-5,12H2,1-3H3,(H,13,14).